The molecule has 0 radical (unpaired) electrons. The Morgan fingerprint density at radius 1 is 1.14 bits per heavy atom. The molecule has 6 nitrogen and oxygen atoms in total. The molecule has 0 fully saturated rings. The molecule has 0 atom stereocenters. The number of nitrogens with zero attached hydrogens (tertiary/aromatic N) is 1. The molecule has 28 heavy (non-hydrogen) atoms. The van der Waals surface area contributed by atoms with E-state index in [4.69, 9.17) is 9.47 Å². The van der Waals surface area contributed by atoms with Gasteiger partial charge in [-0.15, -0.1) is 5.92 Å². The average Bonchev–Trinajstić information content (AvgIpc) is 3.11. The summed E-state index contributed by atoms with van der Waals surface area (Å²) in [6.07, 6.45) is 2.09. The number of unbranched alkanes of at least 4 members (excludes halogenated alkanes) is 1. The lowest BCUT2D eigenvalue weighted by molar-refractivity contribution is 0.102. The summed E-state index contributed by atoms with van der Waals surface area (Å²) in [5.41, 5.74) is 1.34. The van der Waals surface area contributed by atoms with Crippen LogP contribution in [0.2, 0.25) is 0 Å². The van der Waals surface area contributed by atoms with Crippen molar-refractivity contribution in [1.29, 1.82) is 0 Å². The fourth-order valence-corrected chi connectivity index (χ4v) is 2.59. The fraction of sp³-hybridized carbons (Fsp3) is 0.273. The van der Waals surface area contributed by atoms with Crippen molar-refractivity contribution in [3.8, 4) is 23.3 Å². The Kier molecular flexibility index (Phi) is 6.53. The number of anilines is 1. The maximum absolute atomic E-state index is 12.6. The monoisotopic (exact) mass is 377 g/mol. The van der Waals surface area contributed by atoms with Crippen LogP contribution in [0.4, 0.5) is 5.82 Å². The second-order valence-corrected chi connectivity index (χ2v) is 6.18. The van der Waals surface area contributed by atoms with E-state index in [2.05, 4.69) is 34.3 Å². The van der Waals surface area contributed by atoms with Gasteiger partial charge >= 0.3 is 0 Å². The molecule has 3 rings (SSSR count). The van der Waals surface area contributed by atoms with Crippen molar-refractivity contribution in [2.75, 3.05) is 18.5 Å². The highest BCUT2D eigenvalue weighted by Gasteiger charge is 2.12. The van der Waals surface area contributed by atoms with Crippen LogP contribution in [0.1, 0.15) is 37.0 Å². The number of ether oxygens (including phenoxy) is 2. The zero-order chi connectivity index (χ0) is 19.8. The van der Waals surface area contributed by atoms with Gasteiger partial charge in [0.2, 0.25) is 0 Å². The molecule has 0 saturated heterocycles. The van der Waals surface area contributed by atoms with Crippen LogP contribution >= 0.6 is 0 Å². The molecule has 1 aromatic heterocycles. The van der Waals surface area contributed by atoms with Crippen molar-refractivity contribution >= 4 is 22.6 Å². The van der Waals surface area contributed by atoms with Gasteiger partial charge in [0.1, 0.15) is 18.1 Å². The number of carbonyl (C=O) groups is 1. The number of aromatic amines is 1. The first-order valence-electron chi connectivity index (χ1n) is 9.26. The third-order valence-electron chi connectivity index (χ3n) is 4.14. The minimum absolute atomic E-state index is 0.239. The van der Waals surface area contributed by atoms with Gasteiger partial charge in [-0.25, -0.2) is 0 Å². The van der Waals surface area contributed by atoms with Crippen molar-refractivity contribution in [3.05, 3.63) is 48.0 Å². The number of hydrogen-bond donors (Lipinski definition) is 2. The SMILES string of the molecule is CC#CCOc1ccc2[nH]nc(NC(=O)c3ccc(OCCCC)cc3)c2c1. The van der Waals surface area contributed by atoms with Crippen LogP contribution in [0, 0.1) is 11.8 Å². The van der Waals surface area contributed by atoms with Gasteiger partial charge in [-0.2, -0.15) is 5.10 Å². The number of rotatable bonds is 8. The quantitative estimate of drug-likeness (QED) is 0.451. The van der Waals surface area contributed by atoms with Crippen LogP contribution in [-0.4, -0.2) is 29.3 Å². The third kappa shape index (κ3) is 4.83. The average molecular weight is 377 g/mol. The van der Waals surface area contributed by atoms with Gasteiger partial charge in [0, 0.05) is 10.9 Å². The number of nitrogens with one attached hydrogen (secondary N) is 2. The van der Waals surface area contributed by atoms with E-state index >= 15 is 0 Å². The smallest absolute Gasteiger partial charge is 0.256 e. The highest BCUT2D eigenvalue weighted by molar-refractivity contribution is 6.08. The number of aromatic nitrogens is 2. The van der Waals surface area contributed by atoms with Crippen LogP contribution < -0.4 is 14.8 Å². The van der Waals surface area contributed by atoms with Crippen LogP contribution in [-0.2, 0) is 0 Å². The first kappa shape index (κ1) is 19.3. The number of hydrogen-bond acceptors (Lipinski definition) is 4. The maximum atomic E-state index is 12.6. The molecule has 0 aliphatic carbocycles. The summed E-state index contributed by atoms with van der Waals surface area (Å²) in [5.74, 6) is 7.27. The first-order valence-corrected chi connectivity index (χ1v) is 9.26. The van der Waals surface area contributed by atoms with Gasteiger partial charge < -0.3 is 14.8 Å². The Hall–Kier alpha value is -3.46. The normalized spacial score (nSPS) is 10.2. The zero-order valence-electron chi connectivity index (χ0n) is 16.0. The number of benzene rings is 2. The van der Waals surface area contributed by atoms with Gasteiger partial charge in [0.05, 0.1) is 12.1 Å². The van der Waals surface area contributed by atoms with E-state index in [0.29, 0.717) is 30.3 Å². The Bertz CT molecular complexity index is 997. The highest BCUT2D eigenvalue weighted by Crippen LogP contribution is 2.26. The molecule has 144 valence electrons. The number of carbonyl (C=O) groups excluding carboxylic acids is 1. The molecule has 0 bridgehead atoms. The predicted octanol–water partition coefficient (Wildman–Crippen LogP) is 4.40. The summed E-state index contributed by atoms with van der Waals surface area (Å²) in [6, 6.07) is 12.6. The van der Waals surface area contributed by atoms with Crippen LogP contribution in [0.5, 0.6) is 11.5 Å². The van der Waals surface area contributed by atoms with Crippen LogP contribution in [0.25, 0.3) is 10.9 Å². The van der Waals surface area contributed by atoms with Gasteiger partial charge in [0.15, 0.2) is 5.82 Å². The van der Waals surface area contributed by atoms with Crippen molar-refractivity contribution in [3.63, 3.8) is 0 Å². The van der Waals surface area contributed by atoms with E-state index in [0.717, 1.165) is 29.5 Å². The Morgan fingerprint density at radius 3 is 2.68 bits per heavy atom. The van der Waals surface area contributed by atoms with E-state index in [-0.39, 0.29) is 5.91 Å². The second-order valence-electron chi connectivity index (χ2n) is 6.18. The first-order chi connectivity index (χ1) is 13.7. The van der Waals surface area contributed by atoms with Crippen molar-refractivity contribution in [2.24, 2.45) is 0 Å². The van der Waals surface area contributed by atoms with Crippen molar-refractivity contribution in [1.82, 2.24) is 10.2 Å². The molecule has 0 aliphatic rings. The lowest BCUT2D eigenvalue weighted by atomic mass is 10.2. The lowest BCUT2D eigenvalue weighted by Crippen LogP contribution is -2.12. The largest absolute Gasteiger partial charge is 0.494 e. The Morgan fingerprint density at radius 2 is 1.93 bits per heavy atom. The summed E-state index contributed by atoms with van der Waals surface area (Å²) in [4.78, 5) is 12.6. The van der Waals surface area contributed by atoms with Crippen molar-refractivity contribution in [2.45, 2.75) is 26.7 Å². The number of amides is 1. The Balaban J connectivity index is 1.69. The van der Waals surface area contributed by atoms with E-state index in [1.54, 1.807) is 31.2 Å². The van der Waals surface area contributed by atoms with Crippen LogP contribution in [0.3, 0.4) is 0 Å². The van der Waals surface area contributed by atoms with E-state index < -0.39 is 0 Å². The summed E-state index contributed by atoms with van der Waals surface area (Å²) in [6.45, 7) is 4.87. The minimum Gasteiger partial charge on any atom is -0.494 e. The molecule has 1 heterocycles. The maximum Gasteiger partial charge on any atom is 0.256 e. The summed E-state index contributed by atoms with van der Waals surface area (Å²) >= 11 is 0. The Labute approximate surface area is 164 Å². The molecular formula is C22H23N3O3. The summed E-state index contributed by atoms with van der Waals surface area (Å²) in [5, 5.41) is 10.7. The molecule has 6 heteroatoms. The molecule has 0 aliphatic heterocycles. The molecule has 0 spiro atoms. The molecule has 2 aromatic carbocycles. The molecule has 0 saturated carbocycles. The molecule has 0 unspecified atom stereocenters. The van der Waals surface area contributed by atoms with E-state index in [9.17, 15) is 4.79 Å². The minimum atomic E-state index is -0.239. The predicted molar refractivity (Wildman–Crippen MR) is 110 cm³/mol. The van der Waals surface area contributed by atoms with Gasteiger partial charge in [-0.05, 0) is 55.8 Å². The second kappa shape index (κ2) is 9.47. The van der Waals surface area contributed by atoms with Crippen molar-refractivity contribution < 1.29 is 14.3 Å². The standard InChI is InChI=1S/C22H23N3O3/c1-3-5-13-27-17-9-7-16(8-10-17)22(26)23-21-19-15-18(28-14-6-4-2)11-12-20(19)24-25-21/h7-12,15H,3,5,13-14H2,1-2H3,(H2,23,24,25,26). The highest BCUT2D eigenvalue weighted by atomic mass is 16.5. The number of H-pyrrole nitrogens is 1. The molecule has 3 aromatic rings. The van der Waals surface area contributed by atoms with E-state index in [1.807, 2.05) is 18.2 Å². The molecule has 2 N–H and O–H groups in total. The number of fused-ring (bicyclic) bond motifs is 1. The van der Waals surface area contributed by atoms with Gasteiger partial charge in [-0.1, -0.05) is 19.3 Å². The summed E-state index contributed by atoms with van der Waals surface area (Å²) < 4.78 is 11.2. The fourth-order valence-electron chi connectivity index (χ4n) is 2.59. The molecule has 1 amide bonds. The summed E-state index contributed by atoms with van der Waals surface area (Å²) in [7, 11) is 0. The zero-order valence-corrected chi connectivity index (χ0v) is 16.0. The lowest BCUT2D eigenvalue weighted by Gasteiger charge is -2.07. The van der Waals surface area contributed by atoms with Crippen LogP contribution in [0.15, 0.2) is 42.5 Å². The van der Waals surface area contributed by atoms with Gasteiger partial charge in [0.25, 0.3) is 5.91 Å². The van der Waals surface area contributed by atoms with E-state index in [1.165, 1.54) is 0 Å². The molecular weight excluding hydrogens is 354 g/mol. The topological polar surface area (TPSA) is 76.2 Å². The van der Waals surface area contributed by atoms with Gasteiger partial charge in [-0.3, -0.25) is 9.89 Å². The third-order valence-corrected chi connectivity index (χ3v) is 4.14.